The quantitative estimate of drug-likeness (QED) is 0.699. The summed E-state index contributed by atoms with van der Waals surface area (Å²) >= 11 is 1.65. The van der Waals surface area contributed by atoms with Crippen molar-refractivity contribution >= 4 is 17.7 Å². The molecule has 0 saturated carbocycles. The molecule has 1 amide bonds. The first-order chi connectivity index (χ1) is 11.8. The molecular formula is C17H17N5OS. The number of hydrogen-bond donors (Lipinski definition) is 1. The highest BCUT2D eigenvalue weighted by atomic mass is 32.2. The van der Waals surface area contributed by atoms with Crippen LogP contribution in [0.3, 0.4) is 0 Å². The van der Waals surface area contributed by atoms with Gasteiger partial charge in [0.05, 0.1) is 30.2 Å². The minimum absolute atomic E-state index is 0.109. The van der Waals surface area contributed by atoms with Crippen molar-refractivity contribution in [3.05, 3.63) is 66.2 Å². The Morgan fingerprint density at radius 3 is 2.92 bits per heavy atom. The molecule has 2 aromatic heterocycles. The van der Waals surface area contributed by atoms with Gasteiger partial charge in [0.2, 0.25) is 0 Å². The second-order valence-corrected chi connectivity index (χ2v) is 6.28. The molecule has 0 atom stereocenters. The Kier molecular flexibility index (Phi) is 5.22. The van der Waals surface area contributed by atoms with Gasteiger partial charge >= 0.3 is 0 Å². The van der Waals surface area contributed by atoms with E-state index in [1.807, 2.05) is 36.4 Å². The molecule has 0 aliphatic rings. The minimum Gasteiger partial charge on any atom is -0.346 e. The minimum atomic E-state index is -0.109. The SMILES string of the molecule is CCSc1ccccc1C(=O)NCc1cn(-c2cccnc2)nn1. The highest BCUT2D eigenvalue weighted by Crippen LogP contribution is 2.22. The fourth-order valence-electron chi connectivity index (χ4n) is 2.20. The van der Waals surface area contributed by atoms with Gasteiger partial charge in [-0.15, -0.1) is 16.9 Å². The lowest BCUT2D eigenvalue weighted by Crippen LogP contribution is -2.23. The maximum atomic E-state index is 12.4. The molecule has 7 heteroatoms. The largest absolute Gasteiger partial charge is 0.346 e. The first-order valence-corrected chi connectivity index (χ1v) is 8.58. The normalized spacial score (nSPS) is 10.5. The van der Waals surface area contributed by atoms with Crippen LogP contribution in [0.4, 0.5) is 0 Å². The van der Waals surface area contributed by atoms with E-state index < -0.39 is 0 Å². The smallest absolute Gasteiger partial charge is 0.252 e. The van der Waals surface area contributed by atoms with Gasteiger partial charge in [0.1, 0.15) is 5.69 Å². The lowest BCUT2D eigenvalue weighted by atomic mass is 10.2. The Morgan fingerprint density at radius 1 is 1.25 bits per heavy atom. The van der Waals surface area contributed by atoms with E-state index in [4.69, 9.17) is 0 Å². The maximum absolute atomic E-state index is 12.4. The molecule has 0 unspecified atom stereocenters. The van der Waals surface area contributed by atoms with Crippen molar-refractivity contribution in [3.8, 4) is 5.69 Å². The van der Waals surface area contributed by atoms with Crippen molar-refractivity contribution in [2.45, 2.75) is 18.4 Å². The van der Waals surface area contributed by atoms with Crippen LogP contribution in [0.2, 0.25) is 0 Å². The summed E-state index contributed by atoms with van der Waals surface area (Å²) < 4.78 is 1.63. The third kappa shape index (κ3) is 3.80. The van der Waals surface area contributed by atoms with Crippen molar-refractivity contribution in [2.24, 2.45) is 0 Å². The van der Waals surface area contributed by atoms with Crippen molar-refractivity contribution in [3.63, 3.8) is 0 Å². The topological polar surface area (TPSA) is 72.7 Å². The van der Waals surface area contributed by atoms with E-state index in [0.29, 0.717) is 17.8 Å². The monoisotopic (exact) mass is 339 g/mol. The third-order valence-corrected chi connectivity index (χ3v) is 4.27. The zero-order chi connectivity index (χ0) is 16.8. The Balaban J connectivity index is 1.66. The Labute approximate surface area is 144 Å². The number of nitrogens with zero attached hydrogens (tertiary/aromatic N) is 4. The molecule has 0 bridgehead atoms. The summed E-state index contributed by atoms with van der Waals surface area (Å²) in [6.07, 6.45) is 5.19. The van der Waals surface area contributed by atoms with Crippen molar-refractivity contribution in [1.29, 1.82) is 0 Å². The number of nitrogens with one attached hydrogen (secondary N) is 1. The molecule has 3 rings (SSSR count). The molecule has 1 aromatic carbocycles. The van der Waals surface area contributed by atoms with Crippen molar-refractivity contribution < 1.29 is 4.79 Å². The fraction of sp³-hybridized carbons (Fsp3) is 0.176. The standard InChI is InChI=1S/C17H17N5OS/c1-2-24-16-8-4-3-7-15(16)17(23)19-10-13-12-22(21-20-13)14-6-5-9-18-11-14/h3-9,11-12H,2,10H2,1H3,(H,19,23). The summed E-state index contributed by atoms with van der Waals surface area (Å²) in [4.78, 5) is 17.4. The molecule has 1 N–H and O–H groups in total. The molecule has 24 heavy (non-hydrogen) atoms. The fourth-order valence-corrected chi connectivity index (χ4v) is 3.00. The van der Waals surface area contributed by atoms with Gasteiger partial charge < -0.3 is 5.32 Å². The van der Waals surface area contributed by atoms with Crippen molar-refractivity contribution in [1.82, 2.24) is 25.3 Å². The number of hydrogen-bond acceptors (Lipinski definition) is 5. The number of rotatable bonds is 6. The summed E-state index contributed by atoms with van der Waals surface area (Å²) in [5, 5.41) is 11.0. The number of carbonyl (C=O) groups excluding carboxylic acids is 1. The molecule has 3 aromatic rings. The van der Waals surface area contributed by atoms with Gasteiger partial charge in [-0.1, -0.05) is 24.3 Å². The number of pyridine rings is 1. The highest BCUT2D eigenvalue weighted by molar-refractivity contribution is 7.99. The molecule has 6 nitrogen and oxygen atoms in total. The molecule has 0 saturated heterocycles. The lowest BCUT2D eigenvalue weighted by Gasteiger charge is -2.08. The number of carbonyl (C=O) groups is 1. The van der Waals surface area contributed by atoms with E-state index in [1.165, 1.54) is 0 Å². The maximum Gasteiger partial charge on any atom is 0.252 e. The number of benzene rings is 1. The second kappa shape index (κ2) is 7.74. The van der Waals surface area contributed by atoms with Crippen molar-refractivity contribution in [2.75, 3.05) is 5.75 Å². The summed E-state index contributed by atoms with van der Waals surface area (Å²) in [5.74, 6) is 0.812. The predicted octanol–water partition coefficient (Wildman–Crippen LogP) is 2.70. The second-order valence-electron chi connectivity index (χ2n) is 4.98. The first-order valence-electron chi connectivity index (χ1n) is 7.59. The van der Waals surface area contributed by atoms with Crippen LogP contribution in [0.1, 0.15) is 23.0 Å². The lowest BCUT2D eigenvalue weighted by molar-refractivity contribution is 0.0947. The van der Waals surface area contributed by atoms with E-state index in [1.54, 1.807) is 35.0 Å². The van der Waals surface area contributed by atoms with Gasteiger partial charge in [0, 0.05) is 11.1 Å². The third-order valence-electron chi connectivity index (χ3n) is 3.31. The molecule has 2 heterocycles. The van der Waals surface area contributed by atoms with Crippen LogP contribution in [0.25, 0.3) is 5.69 Å². The van der Waals surface area contributed by atoms with Gasteiger partial charge in [-0.05, 0) is 30.0 Å². The van der Waals surface area contributed by atoms with Gasteiger partial charge in [-0.2, -0.15) is 0 Å². The number of aromatic nitrogens is 4. The highest BCUT2D eigenvalue weighted by Gasteiger charge is 2.11. The summed E-state index contributed by atoms with van der Waals surface area (Å²) in [6.45, 7) is 2.39. The summed E-state index contributed by atoms with van der Waals surface area (Å²) in [5.41, 5.74) is 2.20. The van der Waals surface area contributed by atoms with Crippen LogP contribution in [0.15, 0.2) is 59.9 Å². The Morgan fingerprint density at radius 2 is 2.12 bits per heavy atom. The average molecular weight is 339 g/mol. The Hall–Kier alpha value is -2.67. The first kappa shape index (κ1) is 16.2. The van der Waals surface area contributed by atoms with Crippen LogP contribution in [0.5, 0.6) is 0 Å². The van der Waals surface area contributed by atoms with Crippen LogP contribution < -0.4 is 5.32 Å². The van der Waals surface area contributed by atoms with Crippen LogP contribution >= 0.6 is 11.8 Å². The zero-order valence-electron chi connectivity index (χ0n) is 13.2. The van der Waals surface area contributed by atoms with E-state index in [9.17, 15) is 4.79 Å². The molecule has 122 valence electrons. The summed E-state index contributed by atoms with van der Waals surface area (Å²) in [6, 6.07) is 11.3. The number of thioether (sulfide) groups is 1. The van der Waals surface area contributed by atoms with Crippen LogP contribution in [-0.2, 0) is 6.54 Å². The van der Waals surface area contributed by atoms with Gasteiger partial charge in [-0.3, -0.25) is 9.78 Å². The molecule has 0 fully saturated rings. The zero-order valence-corrected chi connectivity index (χ0v) is 14.0. The van der Waals surface area contributed by atoms with E-state index in [2.05, 4.69) is 27.5 Å². The average Bonchev–Trinajstić information content (AvgIpc) is 3.10. The number of amides is 1. The van der Waals surface area contributed by atoms with Gasteiger partial charge in [0.25, 0.3) is 5.91 Å². The molecule has 0 radical (unpaired) electrons. The van der Waals surface area contributed by atoms with E-state index >= 15 is 0 Å². The molecule has 0 aliphatic heterocycles. The van der Waals surface area contributed by atoms with E-state index in [-0.39, 0.29) is 5.91 Å². The summed E-state index contributed by atoms with van der Waals surface area (Å²) in [7, 11) is 0. The molecule has 0 aliphatic carbocycles. The van der Waals surface area contributed by atoms with Gasteiger partial charge in [-0.25, -0.2) is 4.68 Å². The molecular weight excluding hydrogens is 322 g/mol. The Bertz CT molecular complexity index is 819. The van der Waals surface area contributed by atoms with E-state index in [0.717, 1.165) is 16.3 Å². The predicted molar refractivity (Wildman–Crippen MR) is 93.2 cm³/mol. The van der Waals surface area contributed by atoms with Gasteiger partial charge in [0.15, 0.2) is 0 Å². The van der Waals surface area contributed by atoms with Crippen LogP contribution in [0, 0.1) is 0 Å². The van der Waals surface area contributed by atoms with Crippen LogP contribution in [-0.4, -0.2) is 31.6 Å². The molecule has 0 spiro atoms.